The lowest BCUT2D eigenvalue weighted by Crippen LogP contribution is -2.39. The Morgan fingerprint density at radius 1 is 1.10 bits per heavy atom. The molecular weight excluding hydrogens is 553 g/mol. The third-order valence-electron chi connectivity index (χ3n) is 5.68. The lowest BCUT2D eigenvalue weighted by atomic mass is 9.97. The van der Waals surface area contributed by atoms with Crippen LogP contribution in [0.2, 0.25) is 0 Å². The van der Waals surface area contributed by atoms with Crippen LogP contribution in [0, 0.1) is 5.82 Å². The second kappa shape index (κ2) is 13.4. The number of nitrogens with zero attached hydrogens (tertiary/aromatic N) is 3. The Labute approximate surface area is 242 Å². The van der Waals surface area contributed by atoms with Crippen LogP contribution in [0.5, 0.6) is 0 Å². The van der Waals surface area contributed by atoms with E-state index >= 15 is 0 Å². The van der Waals surface area contributed by atoms with Crippen molar-refractivity contribution < 1.29 is 37.7 Å². The van der Waals surface area contributed by atoms with Crippen molar-refractivity contribution in [2.24, 2.45) is 0 Å². The number of hydrogen-bond donors (Lipinski definition) is 3. The fraction of sp³-hybridized carbons (Fsp3) is 0.552. The lowest BCUT2D eigenvalue weighted by molar-refractivity contribution is -0.157. The second-order valence-electron chi connectivity index (χ2n) is 12.0. The minimum atomic E-state index is -4.02. The minimum Gasteiger partial charge on any atom is -0.460 e. The van der Waals surface area contributed by atoms with Crippen LogP contribution in [0.1, 0.15) is 78.5 Å². The van der Waals surface area contributed by atoms with Crippen LogP contribution in [0.15, 0.2) is 30.3 Å². The van der Waals surface area contributed by atoms with Crippen molar-refractivity contribution in [1.29, 1.82) is 0 Å². The summed E-state index contributed by atoms with van der Waals surface area (Å²) in [7, 11) is -2.73. The molecule has 1 aromatic heterocycles. The SMILES string of the molecule is CC(C)c1nc(N(C)S(=O)(=O)CC(C)(C)O)nc(-c2ccc(F)cc2)c1/C=C/[C@@H](O)C[C@@H](O)CC(=O)OC(C)(C)C. The van der Waals surface area contributed by atoms with Crippen LogP contribution in [0.3, 0.4) is 0 Å². The maximum Gasteiger partial charge on any atom is 0.308 e. The number of carbonyl (C=O) groups is 1. The summed E-state index contributed by atoms with van der Waals surface area (Å²) in [5.74, 6) is -1.99. The highest BCUT2D eigenvalue weighted by Crippen LogP contribution is 2.32. The molecule has 10 nitrogen and oxygen atoms in total. The van der Waals surface area contributed by atoms with Crippen molar-refractivity contribution in [3.8, 4) is 11.3 Å². The van der Waals surface area contributed by atoms with E-state index in [1.165, 1.54) is 51.2 Å². The van der Waals surface area contributed by atoms with Crippen LogP contribution < -0.4 is 4.31 Å². The first kappa shape index (κ1) is 34.3. The Morgan fingerprint density at radius 3 is 2.20 bits per heavy atom. The third-order valence-corrected chi connectivity index (χ3v) is 7.75. The van der Waals surface area contributed by atoms with Gasteiger partial charge in [-0.3, -0.25) is 4.79 Å². The number of carbonyl (C=O) groups excluding carboxylic acids is 1. The highest BCUT2D eigenvalue weighted by molar-refractivity contribution is 7.92. The number of anilines is 1. The van der Waals surface area contributed by atoms with Crippen molar-refractivity contribution in [1.82, 2.24) is 9.97 Å². The predicted octanol–water partition coefficient (Wildman–Crippen LogP) is 3.80. The molecule has 3 N–H and O–H groups in total. The summed E-state index contributed by atoms with van der Waals surface area (Å²) in [6.07, 6.45) is 0.249. The zero-order valence-corrected chi connectivity index (χ0v) is 25.7. The fourth-order valence-electron chi connectivity index (χ4n) is 3.94. The van der Waals surface area contributed by atoms with Gasteiger partial charge in [0.25, 0.3) is 0 Å². The summed E-state index contributed by atoms with van der Waals surface area (Å²) >= 11 is 0. The Bertz CT molecular complexity index is 1330. The first-order valence-electron chi connectivity index (χ1n) is 13.3. The molecule has 228 valence electrons. The Morgan fingerprint density at radius 2 is 1.68 bits per heavy atom. The van der Waals surface area contributed by atoms with E-state index in [4.69, 9.17) is 4.74 Å². The molecule has 0 aliphatic carbocycles. The Balaban J connectivity index is 2.52. The predicted molar refractivity (Wildman–Crippen MR) is 156 cm³/mol. The molecule has 1 aromatic carbocycles. The van der Waals surface area contributed by atoms with Crippen LogP contribution in [-0.2, 0) is 19.6 Å². The van der Waals surface area contributed by atoms with Crippen LogP contribution in [-0.4, -0.2) is 75.9 Å². The van der Waals surface area contributed by atoms with E-state index in [9.17, 15) is 32.9 Å². The fourth-order valence-corrected chi connectivity index (χ4v) is 5.36. The molecule has 12 heteroatoms. The van der Waals surface area contributed by atoms with Gasteiger partial charge in [0.2, 0.25) is 16.0 Å². The number of esters is 1. The molecule has 2 atom stereocenters. The zero-order valence-electron chi connectivity index (χ0n) is 24.9. The number of benzene rings is 1. The number of aromatic nitrogens is 2. The van der Waals surface area contributed by atoms with Crippen molar-refractivity contribution >= 4 is 28.0 Å². The molecule has 41 heavy (non-hydrogen) atoms. The van der Waals surface area contributed by atoms with Gasteiger partial charge in [0.1, 0.15) is 11.4 Å². The normalized spacial score (nSPS) is 14.4. The van der Waals surface area contributed by atoms with Gasteiger partial charge >= 0.3 is 5.97 Å². The molecule has 0 aliphatic rings. The summed E-state index contributed by atoms with van der Waals surface area (Å²) < 4.78 is 45.9. The number of aliphatic hydroxyl groups is 3. The summed E-state index contributed by atoms with van der Waals surface area (Å²) in [6, 6.07) is 5.48. The molecule has 2 rings (SSSR count). The van der Waals surface area contributed by atoms with Gasteiger partial charge < -0.3 is 20.1 Å². The van der Waals surface area contributed by atoms with Gasteiger partial charge in [0.05, 0.1) is 41.4 Å². The number of ether oxygens (including phenoxy) is 1. The van der Waals surface area contributed by atoms with Crippen molar-refractivity contribution in [2.75, 3.05) is 17.1 Å². The Kier molecular flexibility index (Phi) is 11.2. The summed E-state index contributed by atoms with van der Waals surface area (Å²) in [5, 5.41) is 31.0. The van der Waals surface area contributed by atoms with Crippen LogP contribution >= 0.6 is 0 Å². The van der Waals surface area contributed by atoms with E-state index in [-0.39, 0.29) is 24.7 Å². The molecule has 0 spiro atoms. The summed E-state index contributed by atoms with van der Waals surface area (Å²) in [5.41, 5.74) is -0.513. The molecule has 0 aliphatic heterocycles. The number of rotatable bonds is 12. The lowest BCUT2D eigenvalue weighted by Gasteiger charge is -2.25. The number of hydrogen-bond acceptors (Lipinski definition) is 9. The molecule has 0 radical (unpaired) electrons. The monoisotopic (exact) mass is 595 g/mol. The second-order valence-corrected chi connectivity index (χ2v) is 14.0. The number of aliphatic hydroxyl groups excluding tert-OH is 2. The highest BCUT2D eigenvalue weighted by Gasteiger charge is 2.30. The average Bonchev–Trinajstić information content (AvgIpc) is 2.79. The number of sulfonamides is 1. The molecule has 0 fully saturated rings. The summed E-state index contributed by atoms with van der Waals surface area (Å²) in [6.45, 7) is 11.6. The smallest absolute Gasteiger partial charge is 0.308 e. The summed E-state index contributed by atoms with van der Waals surface area (Å²) in [4.78, 5) is 21.1. The van der Waals surface area contributed by atoms with E-state index in [0.29, 0.717) is 22.5 Å². The van der Waals surface area contributed by atoms with Gasteiger partial charge in [-0.2, -0.15) is 0 Å². The van der Waals surface area contributed by atoms with Crippen LogP contribution in [0.25, 0.3) is 17.3 Å². The maximum atomic E-state index is 13.7. The standard InChI is InChI=1S/C29H42FN3O7S/c1-18(2)25-23(14-13-21(34)15-22(35)16-24(36)40-28(3,4)5)26(19-9-11-20(30)12-10-19)32-27(31-25)33(8)41(38,39)17-29(6,7)37/h9-14,18,21-22,34-35,37H,15-17H2,1-8H3/b14-13+/t21-,22-/m1/s1. The molecule has 0 bridgehead atoms. The van der Waals surface area contributed by atoms with E-state index < -0.39 is 51.0 Å². The van der Waals surface area contributed by atoms with Gasteiger partial charge in [-0.05, 0) is 64.8 Å². The third kappa shape index (κ3) is 10.8. The molecule has 0 unspecified atom stereocenters. The first-order valence-corrected chi connectivity index (χ1v) is 14.9. The average molecular weight is 596 g/mol. The quantitative estimate of drug-likeness (QED) is 0.311. The minimum absolute atomic E-state index is 0.136. The number of halogens is 1. The van der Waals surface area contributed by atoms with E-state index in [2.05, 4.69) is 9.97 Å². The van der Waals surface area contributed by atoms with Crippen molar-refractivity contribution in [3.05, 3.63) is 47.4 Å². The highest BCUT2D eigenvalue weighted by atomic mass is 32.2. The van der Waals surface area contributed by atoms with E-state index in [1.807, 2.05) is 13.8 Å². The van der Waals surface area contributed by atoms with Crippen LogP contribution in [0.4, 0.5) is 10.3 Å². The molecule has 0 saturated heterocycles. The van der Waals surface area contributed by atoms with Crippen molar-refractivity contribution in [2.45, 2.75) is 90.6 Å². The van der Waals surface area contributed by atoms with E-state index in [1.54, 1.807) is 26.8 Å². The first-order chi connectivity index (χ1) is 18.7. The van der Waals surface area contributed by atoms with Gasteiger partial charge in [0.15, 0.2) is 0 Å². The molecular formula is C29H42FN3O7S. The molecule has 0 saturated carbocycles. The topological polar surface area (TPSA) is 150 Å². The molecule has 0 amide bonds. The van der Waals surface area contributed by atoms with Gasteiger partial charge in [-0.1, -0.05) is 26.0 Å². The van der Waals surface area contributed by atoms with Crippen molar-refractivity contribution in [3.63, 3.8) is 0 Å². The van der Waals surface area contributed by atoms with Gasteiger partial charge in [0, 0.05) is 24.6 Å². The maximum absolute atomic E-state index is 13.7. The van der Waals surface area contributed by atoms with Gasteiger partial charge in [-0.25, -0.2) is 27.1 Å². The Hall–Kier alpha value is -2.93. The molecule has 2 aromatic rings. The zero-order chi connectivity index (χ0) is 31.3. The van der Waals surface area contributed by atoms with Gasteiger partial charge in [-0.15, -0.1) is 0 Å². The molecule has 1 heterocycles. The largest absolute Gasteiger partial charge is 0.460 e. The van der Waals surface area contributed by atoms with E-state index in [0.717, 1.165) is 4.31 Å².